The van der Waals surface area contributed by atoms with Crippen LogP contribution < -0.4 is 9.84 Å². The molecule has 4 rings (SSSR count). The zero-order valence-electron chi connectivity index (χ0n) is 11.5. The van der Waals surface area contributed by atoms with E-state index in [1.165, 1.54) is 4.52 Å². The summed E-state index contributed by atoms with van der Waals surface area (Å²) in [6.07, 6.45) is 5.31. The van der Waals surface area contributed by atoms with E-state index in [4.69, 9.17) is 4.74 Å². The van der Waals surface area contributed by atoms with Crippen LogP contribution in [-0.4, -0.2) is 32.2 Å². The van der Waals surface area contributed by atoms with Crippen molar-refractivity contribution in [2.45, 2.75) is 12.8 Å². The number of aromatic carboxylic acids is 1. The first-order valence-corrected chi connectivity index (χ1v) is 6.91. The van der Waals surface area contributed by atoms with E-state index in [0.717, 1.165) is 35.3 Å². The maximum atomic E-state index is 10.8. The van der Waals surface area contributed by atoms with Crippen molar-refractivity contribution in [1.29, 1.82) is 0 Å². The van der Waals surface area contributed by atoms with Gasteiger partial charge in [0, 0.05) is 23.5 Å². The van der Waals surface area contributed by atoms with Crippen LogP contribution in [0.15, 0.2) is 30.6 Å². The van der Waals surface area contributed by atoms with E-state index >= 15 is 0 Å². The topological polar surface area (TPSA) is 92.4 Å². The number of hydrogen-bond donors (Lipinski definition) is 0. The van der Waals surface area contributed by atoms with Crippen molar-refractivity contribution < 1.29 is 14.6 Å². The molecule has 1 aliphatic rings. The third kappa shape index (κ3) is 1.98. The minimum Gasteiger partial charge on any atom is -0.541 e. The van der Waals surface area contributed by atoms with Crippen molar-refractivity contribution in [2.24, 2.45) is 0 Å². The standard InChI is InChI=1S/C15H12N4O3/c20-14(21)13-17-15-16-7-10(8-19(15)18-13)11-5-1-3-9-4-2-6-22-12(9)11/h1,3,5,7-8H,2,4,6H2,(H,20,21)/p-1. The van der Waals surface area contributed by atoms with Crippen LogP contribution in [0.4, 0.5) is 0 Å². The quantitative estimate of drug-likeness (QED) is 0.682. The number of aryl methyl sites for hydroxylation is 1. The summed E-state index contributed by atoms with van der Waals surface area (Å²) in [7, 11) is 0. The van der Waals surface area contributed by atoms with E-state index in [1.807, 2.05) is 18.2 Å². The van der Waals surface area contributed by atoms with Crippen LogP contribution in [0.25, 0.3) is 16.9 Å². The fraction of sp³-hybridized carbons (Fsp3) is 0.200. The highest BCUT2D eigenvalue weighted by molar-refractivity contribution is 5.81. The van der Waals surface area contributed by atoms with Gasteiger partial charge in [0.2, 0.25) is 0 Å². The molecule has 0 unspecified atom stereocenters. The van der Waals surface area contributed by atoms with Gasteiger partial charge in [-0.05, 0) is 18.4 Å². The fourth-order valence-corrected chi connectivity index (χ4v) is 2.62. The number of carbonyl (C=O) groups is 1. The molecule has 1 aromatic carbocycles. The Morgan fingerprint density at radius 1 is 1.36 bits per heavy atom. The van der Waals surface area contributed by atoms with Crippen LogP contribution in [0.1, 0.15) is 22.6 Å². The number of ether oxygens (including phenoxy) is 1. The molecule has 2 aromatic heterocycles. The molecular weight excluding hydrogens is 284 g/mol. The molecule has 0 atom stereocenters. The maximum Gasteiger partial charge on any atom is 0.252 e. The van der Waals surface area contributed by atoms with Gasteiger partial charge in [0.25, 0.3) is 5.78 Å². The Kier molecular flexibility index (Phi) is 2.78. The first-order chi connectivity index (χ1) is 10.7. The van der Waals surface area contributed by atoms with Crippen LogP contribution >= 0.6 is 0 Å². The third-order valence-electron chi connectivity index (χ3n) is 3.62. The number of carboxylic acid groups (broad SMARTS) is 1. The zero-order chi connectivity index (χ0) is 15.1. The van der Waals surface area contributed by atoms with Gasteiger partial charge in [0.05, 0.1) is 6.61 Å². The molecular formula is C15H11N4O3-. The summed E-state index contributed by atoms with van der Waals surface area (Å²) < 4.78 is 7.12. The minimum absolute atomic E-state index is 0.216. The van der Waals surface area contributed by atoms with Crippen LogP contribution in [-0.2, 0) is 6.42 Å². The molecule has 0 fully saturated rings. The molecule has 3 heterocycles. The van der Waals surface area contributed by atoms with Gasteiger partial charge in [-0.25, -0.2) is 9.50 Å². The predicted molar refractivity (Wildman–Crippen MR) is 74.4 cm³/mol. The van der Waals surface area contributed by atoms with Gasteiger partial charge in [-0.2, -0.15) is 4.98 Å². The lowest BCUT2D eigenvalue weighted by molar-refractivity contribution is -0.256. The van der Waals surface area contributed by atoms with Crippen molar-refractivity contribution >= 4 is 11.7 Å². The molecule has 0 saturated carbocycles. The van der Waals surface area contributed by atoms with Gasteiger partial charge in [0.15, 0.2) is 5.82 Å². The molecule has 22 heavy (non-hydrogen) atoms. The van der Waals surface area contributed by atoms with Gasteiger partial charge >= 0.3 is 0 Å². The molecule has 0 bridgehead atoms. The number of carboxylic acids is 1. The second-order valence-corrected chi connectivity index (χ2v) is 5.06. The normalized spacial score (nSPS) is 13.6. The molecule has 7 nitrogen and oxygen atoms in total. The Morgan fingerprint density at radius 3 is 3.14 bits per heavy atom. The van der Waals surface area contributed by atoms with Gasteiger partial charge in [-0.1, -0.05) is 18.2 Å². The van der Waals surface area contributed by atoms with E-state index in [0.29, 0.717) is 6.61 Å². The van der Waals surface area contributed by atoms with Gasteiger partial charge in [0.1, 0.15) is 11.7 Å². The molecule has 1 aliphatic heterocycles. The molecule has 0 saturated heterocycles. The summed E-state index contributed by atoms with van der Waals surface area (Å²) in [6.45, 7) is 0.692. The van der Waals surface area contributed by atoms with E-state index in [-0.39, 0.29) is 11.6 Å². The highest BCUT2D eigenvalue weighted by Crippen LogP contribution is 2.35. The molecule has 0 radical (unpaired) electrons. The van der Waals surface area contributed by atoms with Crippen molar-refractivity contribution in [1.82, 2.24) is 19.6 Å². The Bertz CT molecular complexity index is 888. The Morgan fingerprint density at radius 2 is 2.27 bits per heavy atom. The Labute approximate surface area is 125 Å². The molecule has 0 amide bonds. The molecule has 7 heteroatoms. The molecule has 3 aromatic rings. The lowest BCUT2D eigenvalue weighted by atomic mass is 9.99. The SMILES string of the molecule is O=C([O-])c1nc2ncc(-c3cccc4c3OCCC4)cn2n1. The number of carbonyl (C=O) groups excluding carboxylic acids is 1. The van der Waals surface area contributed by atoms with Crippen molar-refractivity contribution in [2.75, 3.05) is 6.61 Å². The summed E-state index contributed by atoms with van der Waals surface area (Å²) >= 11 is 0. The lowest BCUT2D eigenvalue weighted by Crippen LogP contribution is -2.23. The number of aromatic nitrogens is 4. The smallest absolute Gasteiger partial charge is 0.252 e. The Balaban J connectivity index is 1.86. The summed E-state index contributed by atoms with van der Waals surface area (Å²) in [6, 6.07) is 5.97. The van der Waals surface area contributed by atoms with Crippen LogP contribution in [0.3, 0.4) is 0 Å². The summed E-state index contributed by atoms with van der Waals surface area (Å²) in [4.78, 5) is 18.8. The lowest BCUT2D eigenvalue weighted by Gasteiger charge is -2.20. The van der Waals surface area contributed by atoms with E-state index < -0.39 is 5.97 Å². The van der Waals surface area contributed by atoms with E-state index in [9.17, 15) is 9.90 Å². The van der Waals surface area contributed by atoms with Crippen molar-refractivity contribution in [3.8, 4) is 16.9 Å². The second-order valence-electron chi connectivity index (χ2n) is 5.06. The minimum atomic E-state index is -1.42. The number of hydrogen-bond acceptors (Lipinski definition) is 6. The fourth-order valence-electron chi connectivity index (χ4n) is 2.62. The Hall–Kier alpha value is -2.96. The average molecular weight is 295 g/mol. The molecule has 0 aliphatic carbocycles. The predicted octanol–water partition coefficient (Wildman–Crippen LogP) is 0.480. The zero-order valence-corrected chi connectivity index (χ0v) is 11.5. The van der Waals surface area contributed by atoms with Crippen LogP contribution in [0.2, 0.25) is 0 Å². The molecule has 0 spiro atoms. The number of rotatable bonds is 2. The summed E-state index contributed by atoms with van der Waals surface area (Å²) in [5.74, 6) is -0.729. The molecule has 110 valence electrons. The summed E-state index contributed by atoms with van der Waals surface area (Å²) in [5.41, 5.74) is 2.87. The van der Waals surface area contributed by atoms with Crippen molar-refractivity contribution in [3.05, 3.63) is 42.0 Å². The average Bonchev–Trinajstić information content (AvgIpc) is 2.98. The molecule has 0 N–H and O–H groups in total. The highest BCUT2D eigenvalue weighted by Gasteiger charge is 2.16. The van der Waals surface area contributed by atoms with E-state index in [2.05, 4.69) is 15.1 Å². The van der Waals surface area contributed by atoms with Crippen LogP contribution in [0, 0.1) is 0 Å². The second kappa shape index (κ2) is 4.80. The first-order valence-electron chi connectivity index (χ1n) is 6.91. The van der Waals surface area contributed by atoms with Crippen molar-refractivity contribution in [3.63, 3.8) is 0 Å². The van der Waals surface area contributed by atoms with Gasteiger partial charge in [-0.3, -0.25) is 0 Å². The van der Waals surface area contributed by atoms with Gasteiger partial charge < -0.3 is 14.6 Å². The third-order valence-corrected chi connectivity index (χ3v) is 3.62. The summed E-state index contributed by atoms with van der Waals surface area (Å²) in [5, 5.41) is 14.7. The highest BCUT2D eigenvalue weighted by atomic mass is 16.5. The largest absolute Gasteiger partial charge is 0.541 e. The number of benzene rings is 1. The monoisotopic (exact) mass is 295 g/mol. The number of para-hydroxylation sites is 1. The first kappa shape index (κ1) is 12.8. The van der Waals surface area contributed by atoms with E-state index in [1.54, 1.807) is 12.4 Å². The van der Waals surface area contributed by atoms with Gasteiger partial charge in [-0.15, -0.1) is 5.10 Å². The van der Waals surface area contributed by atoms with Crippen LogP contribution in [0.5, 0.6) is 5.75 Å². The maximum absolute atomic E-state index is 10.8. The number of fused-ring (bicyclic) bond motifs is 2. The number of nitrogens with zero attached hydrogens (tertiary/aromatic N) is 4.